The molecule has 2 N–H and O–H groups in total. The van der Waals surface area contributed by atoms with Crippen molar-refractivity contribution in [1.29, 1.82) is 0 Å². The van der Waals surface area contributed by atoms with Gasteiger partial charge in [-0.15, -0.1) is 28.2 Å². The van der Waals surface area contributed by atoms with E-state index >= 15 is 0 Å². The molecule has 1 aromatic carbocycles. The van der Waals surface area contributed by atoms with Crippen molar-refractivity contribution in [2.24, 2.45) is 0 Å². The summed E-state index contributed by atoms with van der Waals surface area (Å²) in [5.41, 5.74) is 0.979. The SMILES string of the molecule is CCOCc1cc2sc(C(=O)Nc3nn[nH]n3)c(SC3CCCCC3)c2cc1OC. The summed E-state index contributed by atoms with van der Waals surface area (Å²) >= 11 is 3.29. The first kappa shape index (κ1) is 21.1. The predicted octanol–water partition coefficient (Wildman–Crippen LogP) is 4.64. The van der Waals surface area contributed by atoms with Crippen LogP contribution in [0.3, 0.4) is 0 Å². The van der Waals surface area contributed by atoms with Crippen LogP contribution in [0.15, 0.2) is 17.0 Å². The van der Waals surface area contributed by atoms with Gasteiger partial charge in [0.15, 0.2) is 0 Å². The Labute approximate surface area is 183 Å². The topological polar surface area (TPSA) is 102 Å². The number of tetrazole rings is 1. The number of thioether (sulfide) groups is 1. The monoisotopic (exact) mass is 447 g/mol. The highest BCUT2D eigenvalue weighted by Gasteiger charge is 2.25. The molecule has 1 fully saturated rings. The number of amides is 1. The van der Waals surface area contributed by atoms with Crippen molar-refractivity contribution in [3.8, 4) is 5.75 Å². The molecule has 4 rings (SSSR count). The van der Waals surface area contributed by atoms with Gasteiger partial charge in [0.05, 0.1) is 13.7 Å². The standard InChI is InChI=1S/C20H25N5O3S2/c1-3-28-11-12-9-16-14(10-15(12)27-2)17(29-13-7-5-4-6-8-13)18(30-16)19(26)21-20-22-24-25-23-20/h9-10,13H,3-8,11H2,1-2H3,(H2,21,22,23,24,25,26). The summed E-state index contributed by atoms with van der Waals surface area (Å²) in [5.74, 6) is 0.728. The minimum Gasteiger partial charge on any atom is -0.496 e. The number of rotatable bonds is 8. The quantitative estimate of drug-likeness (QED) is 0.519. The molecule has 8 nitrogen and oxygen atoms in total. The van der Waals surface area contributed by atoms with Crippen molar-refractivity contribution < 1.29 is 14.3 Å². The van der Waals surface area contributed by atoms with Gasteiger partial charge in [-0.3, -0.25) is 10.1 Å². The third-order valence-corrected chi connectivity index (χ3v) is 7.87. The molecule has 0 unspecified atom stereocenters. The third kappa shape index (κ3) is 4.60. The van der Waals surface area contributed by atoms with E-state index < -0.39 is 0 Å². The number of anilines is 1. The first-order valence-electron chi connectivity index (χ1n) is 10.1. The summed E-state index contributed by atoms with van der Waals surface area (Å²) < 4.78 is 12.3. The zero-order valence-electron chi connectivity index (χ0n) is 17.1. The average molecular weight is 448 g/mol. The maximum absolute atomic E-state index is 13.1. The Hall–Kier alpha value is -2.17. The molecule has 1 saturated carbocycles. The van der Waals surface area contributed by atoms with E-state index in [1.54, 1.807) is 7.11 Å². The van der Waals surface area contributed by atoms with E-state index in [0.717, 1.165) is 26.3 Å². The number of aromatic amines is 1. The number of carbonyl (C=O) groups excluding carboxylic acids is 1. The second-order valence-electron chi connectivity index (χ2n) is 7.13. The number of fused-ring (bicyclic) bond motifs is 1. The molecular weight excluding hydrogens is 422 g/mol. The molecule has 160 valence electrons. The third-order valence-electron chi connectivity index (χ3n) is 5.12. The van der Waals surface area contributed by atoms with Gasteiger partial charge in [0, 0.05) is 32.4 Å². The van der Waals surface area contributed by atoms with Crippen LogP contribution in [-0.2, 0) is 11.3 Å². The molecule has 0 aliphatic heterocycles. The molecule has 30 heavy (non-hydrogen) atoms. The number of hydrogen-bond acceptors (Lipinski definition) is 8. The van der Waals surface area contributed by atoms with Gasteiger partial charge in [-0.1, -0.05) is 24.4 Å². The normalized spacial score (nSPS) is 14.9. The molecule has 0 bridgehead atoms. The molecule has 1 amide bonds. The summed E-state index contributed by atoms with van der Waals surface area (Å²) in [6, 6.07) is 4.11. The van der Waals surface area contributed by atoms with Crippen LogP contribution < -0.4 is 10.1 Å². The number of hydrogen-bond donors (Lipinski definition) is 2. The summed E-state index contributed by atoms with van der Waals surface area (Å²) in [5, 5.41) is 17.8. The molecule has 10 heteroatoms. The van der Waals surface area contributed by atoms with Gasteiger partial charge in [-0.05, 0) is 37.1 Å². The van der Waals surface area contributed by atoms with Gasteiger partial charge in [0.25, 0.3) is 11.9 Å². The van der Waals surface area contributed by atoms with E-state index in [1.165, 1.54) is 43.4 Å². The van der Waals surface area contributed by atoms with Gasteiger partial charge >= 0.3 is 0 Å². The molecule has 1 aliphatic carbocycles. The van der Waals surface area contributed by atoms with Crippen LogP contribution in [0.5, 0.6) is 5.75 Å². The Morgan fingerprint density at radius 1 is 1.33 bits per heavy atom. The van der Waals surface area contributed by atoms with Crippen LogP contribution in [0.2, 0.25) is 0 Å². The van der Waals surface area contributed by atoms with E-state index in [2.05, 4.69) is 32.0 Å². The summed E-state index contributed by atoms with van der Waals surface area (Å²) in [4.78, 5) is 14.7. The van der Waals surface area contributed by atoms with E-state index in [0.29, 0.717) is 23.3 Å². The second kappa shape index (κ2) is 9.76. The smallest absolute Gasteiger partial charge is 0.270 e. The van der Waals surface area contributed by atoms with Crippen LogP contribution in [0.4, 0.5) is 5.95 Å². The molecule has 0 radical (unpaired) electrons. The average Bonchev–Trinajstić information content (AvgIpc) is 3.40. The number of nitrogens with one attached hydrogen (secondary N) is 2. The molecule has 2 aromatic heterocycles. The first-order valence-corrected chi connectivity index (χ1v) is 11.8. The molecule has 3 aromatic rings. The number of benzene rings is 1. The molecule has 1 aliphatic rings. The maximum Gasteiger partial charge on any atom is 0.270 e. The van der Waals surface area contributed by atoms with Crippen molar-refractivity contribution in [2.45, 2.75) is 55.8 Å². The lowest BCUT2D eigenvalue weighted by atomic mass is 10.0. The van der Waals surface area contributed by atoms with Crippen molar-refractivity contribution in [3.63, 3.8) is 0 Å². The highest BCUT2D eigenvalue weighted by atomic mass is 32.2. The van der Waals surface area contributed by atoms with E-state index in [9.17, 15) is 4.79 Å². The number of carbonyl (C=O) groups is 1. The number of nitrogens with zero attached hydrogens (tertiary/aromatic N) is 3. The van der Waals surface area contributed by atoms with Gasteiger partial charge < -0.3 is 9.47 Å². The van der Waals surface area contributed by atoms with Gasteiger partial charge in [0.1, 0.15) is 10.6 Å². The Balaban J connectivity index is 1.74. The molecule has 0 spiro atoms. The maximum atomic E-state index is 13.1. The molecule has 0 atom stereocenters. The van der Waals surface area contributed by atoms with E-state index in [1.807, 2.05) is 24.8 Å². The van der Waals surface area contributed by atoms with Crippen LogP contribution in [0.1, 0.15) is 54.3 Å². The zero-order chi connectivity index (χ0) is 20.9. The van der Waals surface area contributed by atoms with Gasteiger partial charge in [0.2, 0.25) is 0 Å². The fourth-order valence-corrected chi connectivity index (χ4v) is 6.42. The van der Waals surface area contributed by atoms with E-state index in [4.69, 9.17) is 9.47 Å². The fraction of sp³-hybridized carbons (Fsp3) is 0.500. The lowest BCUT2D eigenvalue weighted by Crippen LogP contribution is -2.13. The highest BCUT2D eigenvalue weighted by molar-refractivity contribution is 8.00. The fourth-order valence-electron chi connectivity index (χ4n) is 3.65. The number of thiophene rings is 1. The Morgan fingerprint density at radius 2 is 2.17 bits per heavy atom. The zero-order valence-corrected chi connectivity index (χ0v) is 18.7. The molecular formula is C20H25N5O3S2. The lowest BCUT2D eigenvalue weighted by molar-refractivity contribution is 0.102. The van der Waals surface area contributed by atoms with Crippen molar-refractivity contribution in [1.82, 2.24) is 20.6 Å². The number of H-pyrrole nitrogens is 1. The lowest BCUT2D eigenvalue weighted by Gasteiger charge is -2.21. The minimum atomic E-state index is -0.221. The van der Waals surface area contributed by atoms with Crippen LogP contribution in [0.25, 0.3) is 10.1 Å². The van der Waals surface area contributed by atoms with Crippen LogP contribution in [0, 0.1) is 0 Å². The van der Waals surface area contributed by atoms with E-state index in [-0.39, 0.29) is 11.9 Å². The summed E-state index contributed by atoms with van der Waals surface area (Å²) in [6.45, 7) is 3.07. The Bertz CT molecular complexity index is 1000. The minimum absolute atomic E-state index is 0.167. The van der Waals surface area contributed by atoms with Crippen molar-refractivity contribution >= 4 is 45.0 Å². The van der Waals surface area contributed by atoms with Crippen LogP contribution >= 0.6 is 23.1 Å². The summed E-state index contributed by atoms with van der Waals surface area (Å²) in [6.07, 6.45) is 6.13. The Kier molecular flexibility index (Phi) is 6.86. The number of methoxy groups -OCH3 is 1. The molecule has 2 heterocycles. The first-order chi connectivity index (χ1) is 14.7. The van der Waals surface area contributed by atoms with Gasteiger partial charge in [-0.2, -0.15) is 5.21 Å². The van der Waals surface area contributed by atoms with Crippen molar-refractivity contribution in [3.05, 3.63) is 22.6 Å². The second-order valence-corrected chi connectivity index (χ2v) is 9.49. The Morgan fingerprint density at radius 3 is 2.87 bits per heavy atom. The summed E-state index contributed by atoms with van der Waals surface area (Å²) in [7, 11) is 1.67. The number of ether oxygens (including phenoxy) is 2. The van der Waals surface area contributed by atoms with Crippen molar-refractivity contribution in [2.75, 3.05) is 19.0 Å². The highest BCUT2D eigenvalue weighted by Crippen LogP contribution is 2.45. The van der Waals surface area contributed by atoms with Gasteiger partial charge in [-0.25, -0.2) is 0 Å². The van der Waals surface area contributed by atoms with Crippen LogP contribution in [-0.4, -0.2) is 45.5 Å². The largest absolute Gasteiger partial charge is 0.496 e. The molecule has 0 saturated heterocycles. The number of aromatic nitrogens is 4. The predicted molar refractivity (Wildman–Crippen MR) is 119 cm³/mol.